The summed E-state index contributed by atoms with van der Waals surface area (Å²) in [7, 11) is -4.09. The smallest absolute Gasteiger partial charge is 0.495 e. The van der Waals surface area contributed by atoms with Crippen LogP contribution in [0.3, 0.4) is 0 Å². The number of methoxy groups -OCH3 is 1. The van der Waals surface area contributed by atoms with Gasteiger partial charge in [0.15, 0.2) is 5.82 Å². The van der Waals surface area contributed by atoms with Crippen LogP contribution in [0.2, 0.25) is 5.02 Å². The first-order valence-corrected chi connectivity index (χ1v) is 13.8. The number of alkyl halides is 3. The molecule has 0 aliphatic carbocycles. The summed E-state index contributed by atoms with van der Waals surface area (Å²) in [5, 5.41) is 7.05. The highest BCUT2D eigenvalue weighted by Gasteiger charge is 2.50. The first-order chi connectivity index (χ1) is 19.3. The molecule has 1 N–H and O–H groups in total. The Labute approximate surface area is 235 Å². The molecule has 5 heterocycles. The van der Waals surface area contributed by atoms with Crippen LogP contribution >= 0.6 is 11.6 Å². The summed E-state index contributed by atoms with van der Waals surface area (Å²) in [5.41, 5.74) is -4.21. The SMILES string of the molecule is CCc1nc2cc(OC)c(Cl)cn2c1C(=O)NCc1cnc(-c2nc3n(n2)CCN(S(=O)(=O)C(F)(F)F)C3)c(F)c1. The molecule has 1 amide bonds. The molecule has 0 bridgehead atoms. The molecule has 0 saturated carbocycles. The van der Waals surface area contributed by atoms with Crippen LogP contribution in [0.15, 0.2) is 24.5 Å². The maximum Gasteiger partial charge on any atom is 0.511 e. The standard InChI is InChI=1S/C23H21ClF4N8O4S/c1-3-15-20(35-10-13(24)16(40-2)7-17(35)31-15)22(37)30-9-12-6-14(25)19(29-8-12)21-32-18-11-34(4-5-36(18)33-21)41(38,39)23(26,27)28/h6-8,10H,3-5,9,11H2,1-2H3,(H,30,37). The van der Waals surface area contributed by atoms with Crippen molar-refractivity contribution < 1.29 is 35.5 Å². The number of fused-ring (bicyclic) bond motifs is 2. The van der Waals surface area contributed by atoms with Crippen molar-refractivity contribution in [2.75, 3.05) is 13.7 Å². The number of halogens is 5. The molecule has 12 nitrogen and oxygen atoms in total. The zero-order valence-corrected chi connectivity index (χ0v) is 23.0. The molecule has 0 saturated heterocycles. The lowest BCUT2D eigenvalue weighted by Crippen LogP contribution is -2.44. The molecule has 0 atom stereocenters. The largest absolute Gasteiger partial charge is 0.511 e. The summed E-state index contributed by atoms with van der Waals surface area (Å²) in [5.74, 6) is -1.24. The number of ether oxygens (including phenoxy) is 1. The summed E-state index contributed by atoms with van der Waals surface area (Å²) >= 11 is 6.23. The summed E-state index contributed by atoms with van der Waals surface area (Å²) in [6.07, 6.45) is 3.26. The zero-order valence-electron chi connectivity index (χ0n) is 21.4. The number of carbonyl (C=O) groups excluding carboxylic acids is 1. The van der Waals surface area contributed by atoms with Gasteiger partial charge in [0.1, 0.15) is 28.6 Å². The van der Waals surface area contributed by atoms with Crippen LogP contribution in [0, 0.1) is 5.82 Å². The van der Waals surface area contributed by atoms with Gasteiger partial charge in [0.05, 0.1) is 30.9 Å². The highest BCUT2D eigenvalue weighted by molar-refractivity contribution is 7.89. The highest BCUT2D eigenvalue weighted by atomic mass is 35.5. The molecule has 4 aromatic rings. The van der Waals surface area contributed by atoms with Crippen molar-refractivity contribution in [2.24, 2.45) is 0 Å². The van der Waals surface area contributed by atoms with Gasteiger partial charge in [0.25, 0.3) is 5.91 Å². The van der Waals surface area contributed by atoms with Crippen LogP contribution in [0.5, 0.6) is 5.75 Å². The van der Waals surface area contributed by atoms with Gasteiger partial charge in [-0.3, -0.25) is 9.20 Å². The number of aromatic nitrogens is 6. The van der Waals surface area contributed by atoms with Gasteiger partial charge in [-0.05, 0) is 18.1 Å². The molecule has 0 unspecified atom stereocenters. The number of hydrogen-bond acceptors (Lipinski definition) is 8. The Morgan fingerprint density at radius 2 is 1.98 bits per heavy atom. The van der Waals surface area contributed by atoms with E-state index in [-0.39, 0.29) is 45.5 Å². The van der Waals surface area contributed by atoms with Gasteiger partial charge in [-0.15, -0.1) is 5.10 Å². The molecule has 1 aliphatic rings. The molecular formula is C23H21ClF4N8O4S. The van der Waals surface area contributed by atoms with Gasteiger partial charge in [0, 0.05) is 31.5 Å². The Morgan fingerprint density at radius 1 is 1.22 bits per heavy atom. The van der Waals surface area contributed by atoms with Crippen molar-refractivity contribution in [3.8, 4) is 17.3 Å². The van der Waals surface area contributed by atoms with E-state index in [0.717, 1.165) is 6.07 Å². The average molecular weight is 617 g/mol. The van der Waals surface area contributed by atoms with Crippen molar-refractivity contribution >= 4 is 33.2 Å². The number of nitrogens with zero attached hydrogens (tertiary/aromatic N) is 7. The maximum absolute atomic E-state index is 15.0. The summed E-state index contributed by atoms with van der Waals surface area (Å²) < 4.78 is 85.4. The summed E-state index contributed by atoms with van der Waals surface area (Å²) in [6, 6.07) is 2.71. The molecule has 4 aromatic heterocycles. The quantitative estimate of drug-likeness (QED) is 0.313. The number of rotatable bonds is 7. The lowest BCUT2D eigenvalue weighted by molar-refractivity contribution is -0.0496. The molecule has 18 heteroatoms. The number of imidazole rings is 1. The van der Waals surface area contributed by atoms with E-state index in [1.807, 2.05) is 6.92 Å². The third-order valence-electron chi connectivity index (χ3n) is 6.34. The number of carbonyl (C=O) groups is 1. The zero-order chi connectivity index (χ0) is 29.7. The van der Waals surface area contributed by atoms with E-state index in [1.165, 1.54) is 28.6 Å². The lowest BCUT2D eigenvalue weighted by Gasteiger charge is -2.26. The van der Waals surface area contributed by atoms with E-state index in [0.29, 0.717) is 29.1 Å². The van der Waals surface area contributed by atoms with E-state index in [2.05, 4.69) is 25.4 Å². The normalized spacial score (nSPS) is 14.3. The second kappa shape index (κ2) is 10.5. The minimum Gasteiger partial charge on any atom is -0.495 e. The van der Waals surface area contributed by atoms with E-state index in [1.54, 1.807) is 6.07 Å². The van der Waals surface area contributed by atoms with Crippen molar-refractivity contribution in [3.63, 3.8) is 0 Å². The third kappa shape index (κ3) is 5.19. The second-order valence-electron chi connectivity index (χ2n) is 8.89. The van der Waals surface area contributed by atoms with E-state index < -0.39 is 40.3 Å². The Kier molecular flexibility index (Phi) is 7.37. The molecule has 5 rings (SSSR count). The molecule has 0 spiro atoms. The monoisotopic (exact) mass is 616 g/mol. The van der Waals surface area contributed by atoms with Crippen LogP contribution in [0.4, 0.5) is 17.6 Å². The van der Waals surface area contributed by atoms with E-state index in [4.69, 9.17) is 16.3 Å². The van der Waals surface area contributed by atoms with Gasteiger partial charge in [-0.25, -0.2) is 32.4 Å². The Bertz CT molecular complexity index is 1770. The molecular weight excluding hydrogens is 596 g/mol. The predicted octanol–water partition coefficient (Wildman–Crippen LogP) is 2.95. The lowest BCUT2D eigenvalue weighted by atomic mass is 10.2. The number of aryl methyl sites for hydroxylation is 1. The van der Waals surface area contributed by atoms with Crippen molar-refractivity contribution in [2.45, 2.75) is 38.5 Å². The number of amides is 1. The predicted molar refractivity (Wildman–Crippen MR) is 136 cm³/mol. The van der Waals surface area contributed by atoms with E-state index >= 15 is 4.39 Å². The fraction of sp³-hybridized carbons (Fsp3) is 0.348. The van der Waals surface area contributed by atoms with Crippen LogP contribution < -0.4 is 10.1 Å². The molecule has 0 aromatic carbocycles. The van der Waals surface area contributed by atoms with Crippen molar-refractivity contribution in [3.05, 3.63) is 58.1 Å². The third-order valence-corrected chi connectivity index (χ3v) is 8.20. The van der Waals surface area contributed by atoms with Crippen LogP contribution in [0.1, 0.15) is 34.5 Å². The molecule has 41 heavy (non-hydrogen) atoms. The Balaban J connectivity index is 1.32. The first kappa shape index (κ1) is 28.7. The van der Waals surface area contributed by atoms with Crippen molar-refractivity contribution in [1.29, 1.82) is 0 Å². The van der Waals surface area contributed by atoms with Gasteiger partial charge >= 0.3 is 15.5 Å². The molecule has 0 radical (unpaired) electrons. The van der Waals surface area contributed by atoms with Gasteiger partial charge in [-0.1, -0.05) is 18.5 Å². The minimum absolute atomic E-state index is 0.0888. The number of pyridine rings is 2. The van der Waals surface area contributed by atoms with Crippen molar-refractivity contribution in [1.82, 2.24) is 38.8 Å². The Morgan fingerprint density at radius 3 is 2.63 bits per heavy atom. The summed E-state index contributed by atoms with van der Waals surface area (Å²) in [4.78, 5) is 25.6. The molecule has 0 fully saturated rings. The highest BCUT2D eigenvalue weighted by Crippen LogP contribution is 2.30. The number of hydrogen-bond donors (Lipinski definition) is 1. The minimum atomic E-state index is -5.55. The molecule has 1 aliphatic heterocycles. The Hall–Kier alpha value is -3.83. The summed E-state index contributed by atoms with van der Waals surface area (Å²) in [6.45, 7) is 0.384. The van der Waals surface area contributed by atoms with Crippen LogP contribution in [-0.2, 0) is 36.1 Å². The van der Waals surface area contributed by atoms with Crippen LogP contribution in [0.25, 0.3) is 17.2 Å². The fourth-order valence-corrected chi connectivity index (χ4v) is 5.44. The number of nitrogens with one attached hydrogen (secondary N) is 1. The maximum atomic E-state index is 15.0. The average Bonchev–Trinajstić information content (AvgIpc) is 3.50. The number of sulfonamides is 1. The van der Waals surface area contributed by atoms with E-state index in [9.17, 15) is 26.4 Å². The van der Waals surface area contributed by atoms with Gasteiger partial charge < -0.3 is 10.1 Å². The first-order valence-electron chi connectivity index (χ1n) is 12.0. The van der Waals surface area contributed by atoms with Crippen LogP contribution in [-0.4, -0.2) is 66.9 Å². The molecule has 218 valence electrons. The second-order valence-corrected chi connectivity index (χ2v) is 11.2. The fourth-order valence-electron chi connectivity index (χ4n) is 4.31. The van der Waals surface area contributed by atoms with Gasteiger partial charge in [-0.2, -0.15) is 17.5 Å². The van der Waals surface area contributed by atoms with Gasteiger partial charge in [0.2, 0.25) is 5.82 Å². The topological polar surface area (TPSA) is 137 Å².